The molecule has 154 valence electrons. The van der Waals surface area contributed by atoms with Gasteiger partial charge in [0.1, 0.15) is 0 Å². The monoisotopic (exact) mass is 392 g/mol. The van der Waals surface area contributed by atoms with Crippen LogP contribution in [0, 0.1) is 5.92 Å². The van der Waals surface area contributed by atoms with Crippen LogP contribution in [0.5, 0.6) is 0 Å². The summed E-state index contributed by atoms with van der Waals surface area (Å²) < 4.78 is 0. The van der Waals surface area contributed by atoms with E-state index in [0.29, 0.717) is 0 Å². The van der Waals surface area contributed by atoms with Gasteiger partial charge in [-0.3, -0.25) is 9.69 Å². The van der Waals surface area contributed by atoms with Gasteiger partial charge in [-0.05, 0) is 42.4 Å². The van der Waals surface area contributed by atoms with Crippen LogP contribution < -0.4 is 0 Å². The van der Waals surface area contributed by atoms with Crippen LogP contribution in [-0.4, -0.2) is 59.1 Å². The molecule has 0 spiro atoms. The summed E-state index contributed by atoms with van der Waals surface area (Å²) in [7, 11) is 0. The fourth-order valence-corrected chi connectivity index (χ4v) is 4.80. The first kappa shape index (κ1) is 20.1. The molecule has 0 bridgehead atoms. The van der Waals surface area contributed by atoms with Crippen molar-refractivity contribution in [3.63, 3.8) is 0 Å². The van der Waals surface area contributed by atoms with Crippen LogP contribution in [0.25, 0.3) is 11.1 Å². The Hall–Kier alpha value is -2.17. The van der Waals surface area contributed by atoms with E-state index in [-0.39, 0.29) is 30.5 Å². The summed E-state index contributed by atoms with van der Waals surface area (Å²) >= 11 is 0. The molecular formula is C25H32N2O2. The van der Waals surface area contributed by atoms with Crippen LogP contribution in [0.2, 0.25) is 0 Å². The Bertz CT molecular complexity index is 816. The minimum atomic E-state index is 0.129. The molecule has 1 amide bonds. The van der Waals surface area contributed by atoms with E-state index in [9.17, 15) is 9.90 Å². The Morgan fingerprint density at radius 1 is 1.03 bits per heavy atom. The molecule has 0 unspecified atom stereocenters. The van der Waals surface area contributed by atoms with Crippen molar-refractivity contribution in [2.24, 2.45) is 5.92 Å². The summed E-state index contributed by atoms with van der Waals surface area (Å²) in [5.74, 6) is 1.15. The van der Waals surface area contributed by atoms with E-state index in [2.05, 4.69) is 53.4 Å². The zero-order valence-electron chi connectivity index (χ0n) is 17.5. The number of amides is 1. The molecule has 29 heavy (non-hydrogen) atoms. The number of likely N-dealkylation sites (N-methyl/N-ethyl adjacent to an activating group) is 1. The number of aliphatic hydroxyl groups is 1. The molecule has 2 aromatic rings. The Morgan fingerprint density at radius 3 is 2.24 bits per heavy atom. The van der Waals surface area contributed by atoms with Crippen molar-refractivity contribution < 1.29 is 9.90 Å². The molecule has 1 saturated carbocycles. The van der Waals surface area contributed by atoms with Gasteiger partial charge in [-0.1, -0.05) is 54.6 Å². The highest BCUT2D eigenvalue weighted by Crippen LogP contribution is 2.44. The predicted molar refractivity (Wildman–Crippen MR) is 117 cm³/mol. The van der Waals surface area contributed by atoms with E-state index in [1.165, 1.54) is 29.5 Å². The highest BCUT2D eigenvalue weighted by Gasteiger charge is 2.50. The van der Waals surface area contributed by atoms with Crippen molar-refractivity contribution in [3.05, 3.63) is 60.2 Å². The smallest absolute Gasteiger partial charge is 0.219 e. The maximum absolute atomic E-state index is 12.0. The van der Waals surface area contributed by atoms with Crippen LogP contribution in [0.15, 0.2) is 54.6 Å². The molecule has 1 heterocycles. The summed E-state index contributed by atoms with van der Waals surface area (Å²) in [6.07, 6.45) is 2.59. The number of hydrogen-bond acceptors (Lipinski definition) is 3. The minimum Gasteiger partial charge on any atom is -0.395 e. The lowest BCUT2D eigenvalue weighted by Gasteiger charge is -2.56. The van der Waals surface area contributed by atoms with Gasteiger partial charge in [0.05, 0.1) is 6.61 Å². The van der Waals surface area contributed by atoms with Crippen molar-refractivity contribution in [2.75, 3.05) is 26.2 Å². The standard InChI is InChI=1S/C25H32N2O2/c1-3-26(18(2)29)16-23-25(24(17-28)27(23)15-19-9-10-19)22-13-11-21(12-14-22)20-7-5-4-6-8-20/h4-8,11-14,19,23-25,28H,3,9-10,15-17H2,1-2H3/t23-,24-,25-/m1/s1. The molecule has 4 heteroatoms. The van der Waals surface area contributed by atoms with Crippen molar-refractivity contribution >= 4 is 5.91 Å². The first-order chi connectivity index (χ1) is 14.1. The summed E-state index contributed by atoms with van der Waals surface area (Å²) in [5, 5.41) is 10.2. The first-order valence-electron chi connectivity index (χ1n) is 10.9. The average Bonchev–Trinajstić information content (AvgIpc) is 3.56. The van der Waals surface area contributed by atoms with Gasteiger partial charge in [-0.25, -0.2) is 0 Å². The zero-order valence-corrected chi connectivity index (χ0v) is 17.5. The van der Waals surface area contributed by atoms with Crippen molar-refractivity contribution in [1.82, 2.24) is 9.80 Å². The molecule has 1 aliphatic carbocycles. The molecule has 0 aromatic heterocycles. The summed E-state index contributed by atoms with van der Waals surface area (Å²) in [5.41, 5.74) is 3.69. The van der Waals surface area contributed by atoms with Gasteiger partial charge in [0, 0.05) is 44.6 Å². The molecule has 4 rings (SSSR count). The normalized spacial score (nSPS) is 24.2. The highest BCUT2D eigenvalue weighted by atomic mass is 16.3. The van der Waals surface area contributed by atoms with E-state index < -0.39 is 0 Å². The van der Waals surface area contributed by atoms with Crippen LogP contribution in [0.3, 0.4) is 0 Å². The topological polar surface area (TPSA) is 43.8 Å². The number of aliphatic hydroxyl groups excluding tert-OH is 1. The molecule has 0 radical (unpaired) electrons. The van der Waals surface area contributed by atoms with Crippen LogP contribution in [0.4, 0.5) is 0 Å². The highest BCUT2D eigenvalue weighted by molar-refractivity contribution is 5.73. The largest absolute Gasteiger partial charge is 0.395 e. The number of carbonyl (C=O) groups excluding carboxylic acids is 1. The van der Waals surface area contributed by atoms with Gasteiger partial charge in [-0.2, -0.15) is 0 Å². The third kappa shape index (κ3) is 4.24. The van der Waals surface area contributed by atoms with Crippen molar-refractivity contribution in [3.8, 4) is 11.1 Å². The van der Waals surface area contributed by atoms with Crippen LogP contribution in [-0.2, 0) is 4.79 Å². The molecule has 1 aliphatic heterocycles. The lowest BCUT2D eigenvalue weighted by Crippen LogP contribution is -2.67. The Morgan fingerprint density at radius 2 is 1.69 bits per heavy atom. The lowest BCUT2D eigenvalue weighted by atomic mass is 9.74. The number of benzene rings is 2. The second-order valence-electron chi connectivity index (χ2n) is 8.53. The Balaban J connectivity index is 1.57. The molecular weight excluding hydrogens is 360 g/mol. The predicted octanol–water partition coefficient (Wildman–Crippen LogP) is 3.76. The summed E-state index contributed by atoms with van der Waals surface area (Å²) in [4.78, 5) is 16.4. The molecule has 2 fully saturated rings. The second kappa shape index (κ2) is 8.68. The third-order valence-electron chi connectivity index (χ3n) is 6.67. The van der Waals surface area contributed by atoms with E-state index in [1.807, 2.05) is 17.9 Å². The summed E-state index contributed by atoms with van der Waals surface area (Å²) in [6.45, 7) is 6.37. The third-order valence-corrected chi connectivity index (χ3v) is 6.67. The maximum Gasteiger partial charge on any atom is 0.219 e. The zero-order chi connectivity index (χ0) is 20.4. The molecule has 2 aliphatic rings. The van der Waals surface area contributed by atoms with Gasteiger partial charge in [0.25, 0.3) is 0 Å². The fourth-order valence-electron chi connectivity index (χ4n) is 4.80. The van der Waals surface area contributed by atoms with Gasteiger partial charge in [0.15, 0.2) is 0 Å². The number of likely N-dealkylation sites (tertiary alicyclic amines) is 1. The quantitative estimate of drug-likeness (QED) is 0.744. The SMILES string of the molecule is CCN(C[C@@H]1[C@@H](c2ccc(-c3ccccc3)cc2)[C@@H](CO)N1CC1CC1)C(C)=O. The number of nitrogens with zero attached hydrogens (tertiary/aromatic N) is 2. The number of carbonyl (C=O) groups is 1. The lowest BCUT2D eigenvalue weighted by molar-refractivity contribution is -0.132. The Kier molecular flexibility index (Phi) is 6.02. The second-order valence-corrected chi connectivity index (χ2v) is 8.53. The van der Waals surface area contributed by atoms with Gasteiger partial charge < -0.3 is 10.0 Å². The molecule has 2 aromatic carbocycles. The van der Waals surface area contributed by atoms with Crippen molar-refractivity contribution in [2.45, 2.75) is 44.7 Å². The van der Waals surface area contributed by atoms with E-state index in [1.54, 1.807) is 6.92 Å². The Labute approximate surface area is 174 Å². The first-order valence-corrected chi connectivity index (χ1v) is 10.9. The molecule has 4 nitrogen and oxygen atoms in total. The van der Waals surface area contributed by atoms with E-state index in [4.69, 9.17) is 0 Å². The molecule has 3 atom stereocenters. The molecule has 1 N–H and O–H groups in total. The van der Waals surface area contributed by atoms with Crippen LogP contribution in [0.1, 0.15) is 38.2 Å². The van der Waals surface area contributed by atoms with E-state index >= 15 is 0 Å². The fraction of sp³-hybridized carbons (Fsp3) is 0.480. The van der Waals surface area contributed by atoms with Gasteiger partial charge in [-0.15, -0.1) is 0 Å². The van der Waals surface area contributed by atoms with Crippen LogP contribution >= 0.6 is 0 Å². The average molecular weight is 393 g/mol. The number of rotatable bonds is 8. The number of hydrogen-bond donors (Lipinski definition) is 1. The van der Waals surface area contributed by atoms with Gasteiger partial charge >= 0.3 is 0 Å². The summed E-state index contributed by atoms with van der Waals surface area (Å²) in [6, 6.07) is 19.6. The van der Waals surface area contributed by atoms with E-state index in [0.717, 1.165) is 25.6 Å². The molecule has 1 saturated heterocycles. The van der Waals surface area contributed by atoms with Gasteiger partial charge in [0.2, 0.25) is 5.91 Å². The minimum absolute atomic E-state index is 0.129. The van der Waals surface area contributed by atoms with Crippen molar-refractivity contribution in [1.29, 1.82) is 0 Å². The maximum atomic E-state index is 12.0.